The van der Waals surface area contributed by atoms with Crippen LogP contribution in [0, 0.1) is 11.8 Å². The highest BCUT2D eigenvalue weighted by molar-refractivity contribution is 5.71. The van der Waals surface area contributed by atoms with Crippen molar-refractivity contribution in [2.45, 2.75) is 18.4 Å². The van der Waals surface area contributed by atoms with Crippen LogP contribution in [0.3, 0.4) is 0 Å². The molecule has 2 N–H and O–H groups in total. The van der Waals surface area contributed by atoms with Gasteiger partial charge in [0.05, 0.1) is 20.1 Å². The largest absolute Gasteiger partial charge is 0.469 e. The Morgan fingerprint density at radius 1 is 1.69 bits per heavy atom. The molecule has 0 aromatic rings. The van der Waals surface area contributed by atoms with Crippen LogP contribution in [0.15, 0.2) is 0 Å². The lowest BCUT2D eigenvalue weighted by atomic mass is 9.60. The molecule has 1 aliphatic carbocycles. The van der Waals surface area contributed by atoms with E-state index < -0.39 is 0 Å². The zero-order chi connectivity index (χ0) is 9.47. The molecule has 1 saturated carbocycles. The summed E-state index contributed by atoms with van der Waals surface area (Å²) in [7, 11) is 1.40. The zero-order valence-electron chi connectivity index (χ0n) is 7.79. The Bertz CT molecular complexity index is 231. The van der Waals surface area contributed by atoms with E-state index in [9.17, 15) is 4.79 Å². The van der Waals surface area contributed by atoms with Crippen molar-refractivity contribution < 1.29 is 14.3 Å². The van der Waals surface area contributed by atoms with E-state index >= 15 is 0 Å². The fourth-order valence-electron chi connectivity index (χ4n) is 2.46. The number of hydrogen-bond donors (Lipinski definition) is 1. The van der Waals surface area contributed by atoms with Gasteiger partial charge in [-0.3, -0.25) is 4.79 Å². The molecular formula is C9H15NO3. The van der Waals surface area contributed by atoms with E-state index in [0.29, 0.717) is 24.9 Å². The van der Waals surface area contributed by atoms with Crippen molar-refractivity contribution in [1.29, 1.82) is 0 Å². The van der Waals surface area contributed by atoms with E-state index in [1.165, 1.54) is 7.11 Å². The minimum atomic E-state index is -0.353. The summed E-state index contributed by atoms with van der Waals surface area (Å²) in [6.45, 7) is 1.52. The Hall–Kier alpha value is -0.610. The predicted molar refractivity (Wildman–Crippen MR) is 46.0 cm³/mol. The number of ether oxygens (including phenoxy) is 2. The lowest BCUT2D eigenvalue weighted by molar-refractivity contribution is -0.144. The van der Waals surface area contributed by atoms with Gasteiger partial charge in [0.1, 0.15) is 0 Å². The molecule has 0 amide bonds. The van der Waals surface area contributed by atoms with Crippen LogP contribution in [0.5, 0.6) is 0 Å². The summed E-state index contributed by atoms with van der Waals surface area (Å²) in [5.41, 5.74) is 5.73. The number of hydrogen-bond acceptors (Lipinski definition) is 4. The number of methoxy groups -OCH3 is 1. The van der Waals surface area contributed by atoms with Crippen molar-refractivity contribution in [2.75, 3.05) is 20.3 Å². The Labute approximate surface area is 77.4 Å². The fraction of sp³-hybridized carbons (Fsp3) is 0.889. The van der Waals surface area contributed by atoms with Crippen LogP contribution in [-0.2, 0) is 14.3 Å². The SMILES string of the molecule is COC(=O)CC1(N)C[C@@H]2COC[C@@H]21. The zero-order valence-corrected chi connectivity index (χ0v) is 7.79. The van der Waals surface area contributed by atoms with Gasteiger partial charge >= 0.3 is 5.97 Å². The van der Waals surface area contributed by atoms with E-state index in [2.05, 4.69) is 4.74 Å². The molecule has 13 heavy (non-hydrogen) atoms. The molecule has 2 aliphatic rings. The van der Waals surface area contributed by atoms with Crippen molar-refractivity contribution in [3.05, 3.63) is 0 Å². The molecule has 74 valence electrons. The second-order valence-corrected chi connectivity index (χ2v) is 4.09. The summed E-state index contributed by atoms with van der Waals surface area (Å²) in [6, 6.07) is 0. The molecule has 4 nitrogen and oxygen atoms in total. The summed E-state index contributed by atoms with van der Waals surface area (Å²) < 4.78 is 9.92. The summed E-state index contributed by atoms with van der Waals surface area (Å²) in [4.78, 5) is 11.1. The topological polar surface area (TPSA) is 61.5 Å². The Kier molecular flexibility index (Phi) is 2.04. The molecule has 0 spiro atoms. The van der Waals surface area contributed by atoms with Gasteiger partial charge in [-0.1, -0.05) is 0 Å². The monoisotopic (exact) mass is 185 g/mol. The van der Waals surface area contributed by atoms with E-state index in [-0.39, 0.29) is 11.5 Å². The van der Waals surface area contributed by atoms with Gasteiger partial charge in [-0.25, -0.2) is 0 Å². The van der Waals surface area contributed by atoms with Crippen molar-refractivity contribution in [3.8, 4) is 0 Å². The van der Waals surface area contributed by atoms with E-state index in [1.807, 2.05) is 0 Å². The second kappa shape index (κ2) is 2.96. The maximum atomic E-state index is 11.1. The molecule has 0 bridgehead atoms. The normalized spacial score (nSPS) is 42.3. The maximum Gasteiger partial charge on any atom is 0.307 e. The van der Waals surface area contributed by atoms with Gasteiger partial charge in [-0.05, 0) is 12.3 Å². The first-order valence-electron chi connectivity index (χ1n) is 4.59. The molecule has 1 heterocycles. The summed E-state index contributed by atoms with van der Waals surface area (Å²) in [6.07, 6.45) is 1.22. The highest BCUT2D eigenvalue weighted by atomic mass is 16.5. The summed E-state index contributed by atoms with van der Waals surface area (Å²) >= 11 is 0. The summed E-state index contributed by atoms with van der Waals surface area (Å²) in [5.74, 6) is 0.731. The number of carbonyl (C=O) groups is 1. The quantitative estimate of drug-likeness (QED) is 0.611. The van der Waals surface area contributed by atoms with Crippen molar-refractivity contribution >= 4 is 5.97 Å². The average Bonchev–Trinajstić information content (AvgIpc) is 2.47. The van der Waals surface area contributed by atoms with Crippen LogP contribution >= 0.6 is 0 Å². The van der Waals surface area contributed by atoms with Crippen molar-refractivity contribution in [2.24, 2.45) is 17.6 Å². The minimum absolute atomic E-state index is 0.215. The Morgan fingerprint density at radius 2 is 2.46 bits per heavy atom. The van der Waals surface area contributed by atoms with Crippen LogP contribution in [0.2, 0.25) is 0 Å². The van der Waals surface area contributed by atoms with Crippen molar-refractivity contribution in [1.82, 2.24) is 0 Å². The van der Waals surface area contributed by atoms with Crippen LogP contribution < -0.4 is 5.73 Å². The lowest BCUT2D eigenvalue weighted by Gasteiger charge is -2.48. The second-order valence-electron chi connectivity index (χ2n) is 4.09. The summed E-state index contributed by atoms with van der Waals surface area (Å²) in [5, 5.41) is 0. The van der Waals surface area contributed by atoms with E-state index in [4.69, 9.17) is 10.5 Å². The molecule has 0 radical (unpaired) electrons. The molecule has 1 aliphatic heterocycles. The molecular weight excluding hydrogens is 170 g/mol. The molecule has 2 rings (SSSR count). The number of carbonyl (C=O) groups excluding carboxylic acids is 1. The molecule has 3 atom stereocenters. The Morgan fingerprint density at radius 3 is 3.08 bits per heavy atom. The number of esters is 1. The number of fused-ring (bicyclic) bond motifs is 1. The number of rotatable bonds is 2. The first-order valence-corrected chi connectivity index (χ1v) is 4.59. The van der Waals surface area contributed by atoms with E-state index in [1.54, 1.807) is 0 Å². The first-order chi connectivity index (χ1) is 6.15. The van der Waals surface area contributed by atoms with Crippen LogP contribution in [-0.4, -0.2) is 31.8 Å². The predicted octanol–water partition coefficient (Wildman–Crippen LogP) is -0.0867. The molecule has 1 saturated heterocycles. The average molecular weight is 185 g/mol. The van der Waals surface area contributed by atoms with Gasteiger partial charge < -0.3 is 15.2 Å². The van der Waals surface area contributed by atoms with Gasteiger partial charge in [0.15, 0.2) is 0 Å². The molecule has 0 aromatic carbocycles. The fourth-order valence-corrected chi connectivity index (χ4v) is 2.46. The highest BCUT2D eigenvalue weighted by Crippen LogP contribution is 2.47. The number of nitrogens with two attached hydrogens (primary N) is 1. The molecule has 4 heteroatoms. The molecule has 2 fully saturated rings. The first kappa shape index (κ1) is 8.97. The third-order valence-electron chi connectivity index (χ3n) is 3.28. The van der Waals surface area contributed by atoms with Gasteiger partial charge in [-0.15, -0.1) is 0 Å². The van der Waals surface area contributed by atoms with Gasteiger partial charge in [0, 0.05) is 18.1 Å². The molecule has 1 unspecified atom stereocenters. The van der Waals surface area contributed by atoms with E-state index in [0.717, 1.165) is 13.0 Å². The van der Waals surface area contributed by atoms with Crippen LogP contribution in [0.25, 0.3) is 0 Å². The lowest BCUT2D eigenvalue weighted by Crippen LogP contribution is -2.61. The van der Waals surface area contributed by atoms with Gasteiger partial charge in [-0.2, -0.15) is 0 Å². The van der Waals surface area contributed by atoms with Crippen LogP contribution in [0.1, 0.15) is 12.8 Å². The van der Waals surface area contributed by atoms with Crippen LogP contribution in [0.4, 0.5) is 0 Å². The maximum absolute atomic E-state index is 11.1. The Balaban J connectivity index is 1.95. The smallest absolute Gasteiger partial charge is 0.307 e. The van der Waals surface area contributed by atoms with Crippen molar-refractivity contribution in [3.63, 3.8) is 0 Å². The third-order valence-corrected chi connectivity index (χ3v) is 3.28. The highest BCUT2D eigenvalue weighted by Gasteiger charge is 2.54. The minimum Gasteiger partial charge on any atom is -0.469 e. The van der Waals surface area contributed by atoms with Gasteiger partial charge in [0.25, 0.3) is 0 Å². The third kappa shape index (κ3) is 1.34. The van der Waals surface area contributed by atoms with Gasteiger partial charge in [0.2, 0.25) is 0 Å². The molecule has 0 aromatic heterocycles. The standard InChI is InChI=1S/C9H15NO3/c1-12-8(11)3-9(10)2-6-4-13-5-7(6)9/h6-7H,2-5,10H2,1H3/t6-,7+,9?/m1/s1.